The molecule has 0 bridgehead atoms. The molecule has 0 aliphatic carbocycles. The number of hydrogen-bond donors (Lipinski definition) is 1. The number of amides is 2. The summed E-state index contributed by atoms with van der Waals surface area (Å²) in [7, 11) is -1.20. The fourth-order valence-corrected chi connectivity index (χ4v) is 5.65. The third-order valence-electron chi connectivity index (χ3n) is 6.62. The summed E-state index contributed by atoms with van der Waals surface area (Å²) in [4.78, 5) is 29.4. The Hall–Kier alpha value is -3.40. The number of carbonyl (C=O) groups is 2. The lowest BCUT2D eigenvalue weighted by molar-refractivity contribution is -0.140. The molecule has 3 rings (SSSR count). The molecule has 0 saturated heterocycles. The Bertz CT molecular complexity index is 1440. The molecule has 0 radical (unpaired) electrons. The van der Waals surface area contributed by atoms with E-state index >= 15 is 0 Å². The SMILES string of the molecule is Cc1ccc(C)c(N(CC(=O)N(Cc2ccc(Cl)cc2)C(Cc2ccccc2)C(=O)NC(C)C)S(=O)(=O)N(C)C)c1. The standard InChI is InChI=1S/C31H39ClN4O4S/c1-22(2)33-31(38)29(19-25-10-8-7-9-11-25)35(20-26-14-16-27(32)17-15-26)30(37)21-36(41(39,40)34(5)6)28-18-23(3)12-13-24(28)4/h7-18,22,29H,19-21H2,1-6H3,(H,33,38). The van der Waals surface area contributed by atoms with E-state index in [2.05, 4.69) is 5.32 Å². The zero-order valence-corrected chi connectivity index (χ0v) is 26.0. The Morgan fingerprint density at radius 2 is 1.54 bits per heavy atom. The molecule has 0 aromatic heterocycles. The van der Waals surface area contributed by atoms with Crippen LogP contribution in [0.4, 0.5) is 5.69 Å². The van der Waals surface area contributed by atoms with Crippen molar-refractivity contribution in [3.63, 3.8) is 0 Å². The van der Waals surface area contributed by atoms with E-state index in [1.54, 1.807) is 37.3 Å². The van der Waals surface area contributed by atoms with Gasteiger partial charge in [0.1, 0.15) is 12.6 Å². The topological polar surface area (TPSA) is 90.0 Å². The highest BCUT2D eigenvalue weighted by atomic mass is 35.5. The molecule has 0 heterocycles. The fourth-order valence-electron chi connectivity index (χ4n) is 4.41. The summed E-state index contributed by atoms with van der Waals surface area (Å²) in [5.41, 5.74) is 3.60. The van der Waals surface area contributed by atoms with E-state index in [1.807, 2.05) is 63.2 Å². The van der Waals surface area contributed by atoms with Gasteiger partial charge >= 0.3 is 10.2 Å². The number of benzene rings is 3. The lowest BCUT2D eigenvalue weighted by Crippen LogP contribution is -2.55. The first-order valence-corrected chi connectivity index (χ1v) is 15.2. The van der Waals surface area contributed by atoms with Gasteiger partial charge in [-0.25, -0.2) is 4.31 Å². The van der Waals surface area contributed by atoms with E-state index in [9.17, 15) is 18.0 Å². The minimum Gasteiger partial charge on any atom is -0.352 e. The van der Waals surface area contributed by atoms with Gasteiger partial charge in [-0.05, 0) is 68.1 Å². The van der Waals surface area contributed by atoms with E-state index < -0.39 is 28.7 Å². The van der Waals surface area contributed by atoms with Crippen LogP contribution < -0.4 is 9.62 Å². The van der Waals surface area contributed by atoms with E-state index in [0.29, 0.717) is 16.3 Å². The first-order chi connectivity index (χ1) is 19.3. The van der Waals surface area contributed by atoms with Crippen molar-refractivity contribution in [1.82, 2.24) is 14.5 Å². The molecule has 0 spiro atoms. The van der Waals surface area contributed by atoms with Gasteiger partial charge in [-0.1, -0.05) is 66.2 Å². The minimum atomic E-state index is -4.06. The third-order valence-corrected chi connectivity index (χ3v) is 8.68. The van der Waals surface area contributed by atoms with Crippen molar-refractivity contribution in [3.8, 4) is 0 Å². The molecule has 10 heteroatoms. The summed E-state index contributed by atoms with van der Waals surface area (Å²) in [6.45, 7) is 6.98. The van der Waals surface area contributed by atoms with Crippen molar-refractivity contribution in [2.45, 2.75) is 52.7 Å². The van der Waals surface area contributed by atoms with E-state index in [0.717, 1.165) is 25.3 Å². The molecule has 1 atom stereocenters. The molecule has 41 heavy (non-hydrogen) atoms. The van der Waals surface area contributed by atoms with Gasteiger partial charge in [-0.15, -0.1) is 0 Å². The number of nitrogens with zero attached hydrogens (tertiary/aromatic N) is 3. The maximum Gasteiger partial charge on any atom is 0.304 e. The number of hydrogen-bond acceptors (Lipinski definition) is 4. The normalized spacial score (nSPS) is 12.3. The quantitative estimate of drug-likeness (QED) is 0.326. The van der Waals surface area contributed by atoms with Crippen LogP contribution in [0.5, 0.6) is 0 Å². The smallest absolute Gasteiger partial charge is 0.304 e. The highest BCUT2D eigenvalue weighted by Crippen LogP contribution is 2.26. The van der Waals surface area contributed by atoms with Crippen LogP contribution in [0.25, 0.3) is 0 Å². The van der Waals surface area contributed by atoms with Gasteiger partial charge in [-0.3, -0.25) is 9.59 Å². The Labute approximate surface area is 249 Å². The van der Waals surface area contributed by atoms with E-state index in [1.165, 1.54) is 19.0 Å². The summed E-state index contributed by atoms with van der Waals surface area (Å²) in [6.07, 6.45) is 0.253. The largest absolute Gasteiger partial charge is 0.352 e. The predicted octanol–water partition coefficient (Wildman–Crippen LogP) is 4.73. The van der Waals surface area contributed by atoms with Gasteiger partial charge in [0.25, 0.3) is 0 Å². The van der Waals surface area contributed by atoms with E-state index in [-0.39, 0.29) is 24.9 Å². The summed E-state index contributed by atoms with van der Waals surface area (Å²) < 4.78 is 29.4. The Kier molecular flexibility index (Phi) is 11.0. The number of halogens is 1. The third kappa shape index (κ3) is 8.55. The minimum absolute atomic E-state index is 0.0850. The maximum atomic E-state index is 14.3. The molecule has 220 valence electrons. The summed E-state index contributed by atoms with van der Waals surface area (Å²) in [5, 5.41) is 3.49. The van der Waals surface area contributed by atoms with E-state index in [4.69, 9.17) is 11.6 Å². The van der Waals surface area contributed by atoms with Crippen LogP contribution in [0, 0.1) is 13.8 Å². The molecule has 3 aromatic carbocycles. The zero-order valence-electron chi connectivity index (χ0n) is 24.5. The first kappa shape index (κ1) is 32.1. The molecule has 1 unspecified atom stereocenters. The monoisotopic (exact) mass is 598 g/mol. The van der Waals surface area contributed by atoms with Crippen LogP contribution in [-0.2, 0) is 32.8 Å². The average Bonchev–Trinajstić information content (AvgIpc) is 2.91. The zero-order chi connectivity index (χ0) is 30.3. The Morgan fingerprint density at radius 1 is 0.902 bits per heavy atom. The van der Waals surface area contributed by atoms with Crippen LogP contribution in [0.15, 0.2) is 72.8 Å². The van der Waals surface area contributed by atoms with Crippen LogP contribution in [0.2, 0.25) is 5.02 Å². The summed E-state index contributed by atoms with van der Waals surface area (Å²) in [5.74, 6) is -0.828. The molecular weight excluding hydrogens is 560 g/mol. The van der Waals surface area contributed by atoms with Gasteiger partial charge < -0.3 is 10.2 Å². The second-order valence-corrected chi connectivity index (χ2v) is 13.1. The Balaban J connectivity index is 2.12. The predicted molar refractivity (Wildman–Crippen MR) is 165 cm³/mol. The van der Waals surface area contributed by atoms with Crippen LogP contribution in [0.3, 0.4) is 0 Å². The number of rotatable bonds is 12. The second kappa shape index (κ2) is 14.0. The van der Waals surface area contributed by atoms with Crippen LogP contribution in [0.1, 0.15) is 36.1 Å². The van der Waals surface area contributed by atoms with Crippen molar-refractivity contribution in [1.29, 1.82) is 0 Å². The number of carbonyl (C=O) groups excluding carboxylic acids is 2. The van der Waals surface area contributed by atoms with Gasteiger partial charge in [0.15, 0.2) is 0 Å². The molecule has 8 nitrogen and oxygen atoms in total. The van der Waals surface area contributed by atoms with Gasteiger partial charge in [-0.2, -0.15) is 12.7 Å². The van der Waals surface area contributed by atoms with Gasteiger partial charge in [0.2, 0.25) is 11.8 Å². The number of aryl methyl sites for hydroxylation is 2. The molecule has 1 N–H and O–H groups in total. The van der Waals surface area contributed by atoms with Crippen molar-refractivity contribution >= 4 is 39.3 Å². The molecule has 0 aliphatic heterocycles. The number of anilines is 1. The lowest BCUT2D eigenvalue weighted by Gasteiger charge is -2.35. The van der Waals surface area contributed by atoms with Crippen molar-refractivity contribution in [2.24, 2.45) is 0 Å². The summed E-state index contributed by atoms with van der Waals surface area (Å²) in [6, 6.07) is 20.9. The number of nitrogens with one attached hydrogen (secondary N) is 1. The molecular formula is C31H39ClN4O4S. The average molecular weight is 599 g/mol. The van der Waals surface area contributed by atoms with Gasteiger partial charge in [0, 0.05) is 38.1 Å². The molecule has 3 aromatic rings. The Morgan fingerprint density at radius 3 is 2.12 bits per heavy atom. The lowest BCUT2D eigenvalue weighted by atomic mass is 10.0. The molecule has 2 amide bonds. The van der Waals surface area contributed by atoms with Crippen LogP contribution >= 0.6 is 11.6 Å². The first-order valence-electron chi connectivity index (χ1n) is 13.4. The summed E-state index contributed by atoms with van der Waals surface area (Å²) >= 11 is 6.11. The van der Waals surface area contributed by atoms with Crippen molar-refractivity contribution in [3.05, 3.63) is 100 Å². The highest BCUT2D eigenvalue weighted by Gasteiger charge is 2.35. The maximum absolute atomic E-state index is 14.3. The fraction of sp³-hybridized carbons (Fsp3) is 0.355. The molecule has 0 aliphatic rings. The van der Waals surface area contributed by atoms with Crippen LogP contribution in [-0.4, -0.2) is 62.2 Å². The second-order valence-electron chi connectivity index (χ2n) is 10.6. The van der Waals surface area contributed by atoms with Gasteiger partial charge in [0.05, 0.1) is 5.69 Å². The molecule has 0 saturated carbocycles. The highest BCUT2D eigenvalue weighted by molar-refractivity contribution is 7.90. The molecule has 0 fully saturated rings. The van der Waals surface area contributed by atoms with Crippen molar-refractivity contribution < 1.29 is 18.0 Å². The van der Waals surface area contributed by atoms with Crippen molar-refractivity contribution in [2.75, 3.05) is 24.9 Å².